The van der Waals surface area contributed by atoms with Crippen LogP contribution in [0.4, 0.5) is 0 Å². The lowest BCUT2D eigenvalue weighted by atomic mass is 9.98. The molecule has 94 valence electrons. The van der Waals surface area contributed by atoms with Crippen molar-refractivity contribution in [3.05, 3.63) is 16.4 Å². The Bertz CT molecular complexity index is 430. The predicted octanol–water partition coefficient (Wildman–Crippen LogP) is 2.30. The minimum absolute atomic E-state index is 0.269. The van der Waals surface area contributed by atoms with Gasteiger partial charge in [0.25, 0.3) is 0 Å². The van der Waals surface area contributed by atoms with E-state index in [9.17, 15) is 0 Å². The van der Waals surface area contributed by atoms with Crippen LogP contribution in [0.25, 0.3) is 0 Å². The second-order valence-corrected chi connectivity index (χ2v) is 6.04. The van der Waals surface area contributed by atoms with Gasteiger partial charge in [-0.05, 0) is 43.9 Å². The zero-order valence-electron chi connectivity index (χ0n) is 10.5. The molecule has 3 rings (SSSR count). The molecule has 0 aromatic carbocycles. The summed E-state index contributed by atoms with van der Waals surface area (Å²) in [4.78, 5) is 0. The zero-order valence-corrected chi connectivity index (χ0v) is 11.2. The van der Waals surface area contributed by atoms with Crippen LogP contribution in [0.15, 0.2) is 0 Å². The van der Waals surface area contributed by atoms with Gasteiger partial charge >= 0.3 is 0 Å². The Morgan fingerprint density at radius 2 is 2.12 bits per heavy atom. The molecule has 0 aliphatic heterocycles. The predicted molar refractivity (Wildman–Crippen MR) is 69.0 cm³/mol. The molecule has 3 unspecified atom stereocenters. The van der Waals surface area contributed by atoms with E-state index >= 15 is 0 Å². The lowest BCUT2D eigenvalue weighted by Gasteiger charge is -2.13. The lowest BCUT2D eigenvalue weighted by molar-refractivity contribution is 0.483. The van der Waals surface area contributed by atoms with E-state index < -0.39 is 0 Å². The van der Waals surface area contributed by atoms with Crippen molar-refractivity contribution in [2.75, 3.05) is 0 Å². The first-order valence-corrected chi connectivity index (χ1v) is 6.91. The quantitative estimate of drug-likeness (QED) is 0.898. The summed E-state index contributed by atoms with van der Waals surface area (Å²) in [5, 5.41) is 5.10. The van der Waals surface area contributed by atoms with Crippen LogP contribution < -0.4 is 5.73 Å². The Labute approximate surface area is 107 Å². The topological polar surface area (TPSA) is 43.8 Å². The Balaban J connectivity index is 1.70. The molecule has 2 N–H and O–H groups in total. The van der Waals surface area contributed by atoms with Crippen molar-refractivity contribution >= 4 is 11.6 Å². The highest BCUT2D eigenvalue weighted by molar-refractivity contribution is 6.30. The number of aryl methyl sites for hydroxylation is 2. The monoisotopic (exact) mass is 253 g/mol. The molecular formula is C13H20ClN3. The molecular weight excluding hydrogens is 234 g/mol. The van der Waals surface area contributed by atoms with Crippen molar-refractivity contribution < 1.29 is 0 Å². The standard InChI is InChI=1S/C13H20ClN3/c1-7-10(13(14)17(2)16-7)6-11(15)12-8-4-3-5-9(8)12/h8-9,11-12H,3-6,15H2,1-2H3. The van der Waals surface area contributed by atoms with Crippen molar-refractivity contribution in [2.24, 2.45) is 30.5 Å². The minimum atomic E-state index is 0.269. The SMILES string of the molecule is Cc1nn(C)c(Cl)c1CC(N)C1C2CCCC21. The third-order valence-corrected chi connectivity index (χ3v) is 5.15. The molecule has 4 heteroatoms. The second kappa shape index (κ2) is 3.99. The van der Waals surface area contributed by atoms with Crippen molar-refractivity contribution in [3.8, 4) is 0 Å². The Morgan fingerprint density at radius 3 is 2.65 bits per heavy atom. The van der Waals surface area contributed by atoms with Crippen LogP contribution in [0.1, 0.15) is 30.5 Å². The van der Waals surface area contributed by atoms with E-state index in [1.165, 1.54) is 19.3 Å². The highest BCUT2D eigenvalue weighted by Gasteiger charge is 2.54. The van der Waals surface area contributed by atoms with Gasteiger partial charge < -0.3 is 5.73 Å². The summed E-state index contributed by atoms with van der Waals surface area (Å²) in [6, 6.07) is 0.269. The molecule has 2 saturated carbocycles. The normalized spacial score (nSPS) is 32.6. The average molecular weight is 254 g/mol. The molecule has 0 saturated heterocycles. The number of rotatable bonds is 3. The molecule has 0 amide bonds. The summed E-state index contributed by atoms with van der Waals surface area (Å²) in [5.74, 6) is 2.58. The number of aromatic nitrogens is 2. The Morgan fingerprint density at radius 1 is 1.47 bits per heavy atom. The summed E-state index contributed by atoms with van der Waals surface area (Å²) in [7, 11) is 1.89. The van der Waals surface area contributed by atoms with Crippen molar-refractivity contribution in [1.82, 2.24) is 9.78 Å². The van der Waals surface area contributed by atoms with Crippen LogP contribution in [-0.4, -0.2) is 15.8 Å². The van der Waals surface area contributed by atoms with E-state index in [1.54, 1.807) is 4.68 Å². The fourth-order valence-electron chi connectivity index (χ4n) is 3.79. The number of halogens is 1. The number of hydrogen-bond donors (Lipinski definition) is 1. The molecule has 1 aromatic rings. The largest absolute Gasteiger partial charge is 0.327 e. The van der Waals surface area contributed by atoms with Gasteiger partial charge in [-0.15, -0.1) is 0 Å². The summed E-state index contributed by atoms with van der Waals surface area (Å²) < 4.78 is 1.74. The van der Waals surface area contributed by atoms with Gasteiger partial charge in [0.05, 0.1) is 5.69 Å². The maximum Gasteiger partial charge on any atom is 0.130 e. The van der Waals surface area contributed by atoms with Crippen LogP contribution in [0.3, 0.4) is 0 Å². The first kappa shape index (κ1) is 11.5. The molecule has 3 atom stereocenters. The highest BCUT2D eigenvalue weighted by atomic mass is 35.5. The molecule has 2 fully saturated rings. The molecule has 0 radical (unpaired) electrons. The van der Waals surface area contributed by atoms with Crippen LogP contribution in [0.5, 0.6) is 0 Å². The first-order chi connectivity index (χ1) is 8.09. The number of nitrogens with zero attached hydrogens (tertiary/aromatic N) is 2. The van der Waals surface area contributed by atoms with Gasteiger partial charge in [0.1, 0.15) is 5.15 Å². The number of fused-ring (bicyclic) bond motifs is 1. The van der Waals surface area contributed by atoms with Crippen LogP contribution in [0.2, 0.25) is 5.15 Å². The third-order valence-electron chi connectivity index (χ3n) is 4.68. The van der Waals surface area contributed by atoms with Gasteiger partial charge in [-0.1, -0.05) is 18.0 Å². The Hall–Kier alpha value is -0.540. The van der Waals surface area contributed by atoms with Crippen molar-refractivity contribution in [2.45, 2.75) is 38.6 Å². The van der Waals surface area contributed by atoms with Gasteiger partial charge in [-0.2, -0.15) is 5.10 Å². The fourth-order valence-corrected chi connectivity index (χ4v) is 4.04. The Kier molecular flexibility index (Phi) is 2.71. The average Bonchev–Trinajstić information content (AvgIpc) is 2.66. The van der Waals surface area contributed by atoms with Crippen molar-refractivity contribution in [3.63, 3.8) is 0 Å². The van der Waals surface area contributed by atoms with E-state index in [1.807, 2.05) is 14.0 Å². The van der Waals surface area contributed by atoms with Gasteiger partial charge in [-0.25, -0.2) is 0 Å². The van der Waals surface area contributed by atoms with Crippen LogP contribution in [-0.2, 0) is 13.5 Å². The van der Waals surface area contributed by atoms with Gasteiger partial charge in [0.15, 0.2) is 0 Å². The highest BCUT2D eigenvalue weighted by Crippen LogP contribution is 2.58. The van der Waals surface area contributed by atoms with Gasteiger partial charge in [0, 0.05) is 18.7 Å². The molecule has 1 aromatic heterocycles. The molecule has 3 nitrogen and oxygen atoms in total. The molecule has 1 heterocycles. The number of nitrogens with two attached hydrogens (primary N) is 1. The van der Waals surface area contributed by atoms with E-state index in [-0.39, 0.29) is 6.04 Å². The molecule has 2 aliphatic rings. The summed E-state index contributed by atoms with van der Waals surface area (Å²) in [5.41, 5.74) is 8.52. The number of hydrogen-bond acceptors (Lipinski definition) is 2. The molecule has 0 bridgehead atoms. The van der Waals surface area contributed by atoms with E-state index in [4.69, 9.17) is 17.3 Å². The maximum absolute atomic E-state index is 6.35. The van der Waals surface area contributed by atoms with E-state index in [0.717, 1.165) is 40.6 Å². The molecule has 2 aliphatic carbocycles. The summed E-state index contributed by atoms with van der Waals surface area (Å²) >= 11 is 6.25. The summed E-state index contributed by atoms with van der Waals surface area (Å²) in [6.07, 6.45) is 5.08. The fraction of sp³-hybridized carbons (Fsp3) is 0.769. The van der Waals surface area contributed by atoms with E-state index in [0.29, 0.717) is 0 Å². The first-order valence-electron chi connectivity index (χ1n) is 6.53. The smallest absolute Gasteiger partial charge is 0.130 e. The van der Waals surface area contributed by atoms with Crippen LogP contribution in [0, 0.1) is 24.7 Å². The van der Waals surface area contributed by atoms with Gasteiger partial charge in [0.2, 0.25) is 0 Å². The second-order valence-electron chi connectivity index (χ2n) is 5.68. The van der Waals surface area contributed by atoms with Gasteiger partial charge in [-0.3, -0.25) is 4.68 Å². The molecule has 17 heavy (non-hydrogen) atoms. The summed E-state index contributed by atoms with van der Waals surface area (Å²) in [6.45, 7) is 2.02. The van der Waals surface area contributed by atoms with Crippen LogP contribution >= 0.6 is 11.6 Å². The maximum atomic E-state index is 6.35. The third kappa shape index (κ3) is 1.80. The lowest BCUT2D eigenvalue weighted by Crippen LogP contribution is -2.27. The molecule has 0 spiro atoms. The minimum Gasteiger partial charge on any atom is -0.327 e. The van der Waals surface area contributed by atoms with E-state index in [2.05, 4.69) is 5.10 Å². The van der Waals surface area contributed by atoms with Crippen molar-refractivity contribution in [1.29, 1.82) is 0 Å². The zero-order chi connectivity index (χ0) is 12.2.